The highest BCUT2D eigenvalue weighted by Crippen LogP contribution is 2.25. The number of benzene rings is 1. The van der Waals surface area contributed by atoms with Crippen molar-refractivity contribution in [2.75, 3.05) is 0 Å². The summed E-state index contributed by atoms with van der Waals surface area (Å²) < 4.78 is 8.84. The first kappa shape index (κ1) is 18.8. The Balaban J connectivity index is 1.79. The van der Waals surface area contributed by atoms with Crippen LogP contribution in [0.1, 0.15) is 23.9 Å². The molecule has 6 nitrogen and oxygen atoms in total. The maximum Gasteiger partial charge on any atom is 0.280 e. The van der Waals surface area contributed by atoms with Crippen LogP contribution in [0.15, 0.2) is 57.0 Å². The van der Waals surface area contributed by atoms with Gasteiger partial charge in [0.05, 0.1) is 18.5 Å². The second kappa shape index (κ2) is 7.85. The maximum atomic E-state index is 13.3. The maximum absolute atomic E-state index is 13.3. The van der Waals surface area contributed by atoms with Gasteiger partial charge in [-0.25, -0.2) is 4.98 Å². The number of fused-ring (bicyclic) bond motifs is 1. The van der Waals surface area contributed by atoms with Crippen LogP contribution < -0.4 is 5.56 Å². The summed E-state index contributed by atoms with van der Waals surface area (Å²) in [4.78, 5) is 18.1. The van der Waals surface area contributed by atoms with Gasteiger partial charge in [-0.15, -0.1) is 0 Å². The van der Waals surface area contributed by atoms with E-state index in [9.17, 15) is 4.79 Å². The molecule has 0 aliphatic rings. The van der Waals surface area contributed by atoms with Gasteiger partial charge in [-0.1, -0.05) is 35.5 Å². The Kier molecular flexibility index (Phi) is 5.28. The number of hydrogen-bond acceptors (Lipinski definition) is 5. The van der Waals surface area contributed by atoms with Crippen LogP contribution in [0, 0.1) is 6.92 Å². The number of nitrogens with zero attached hydrogens (tertiary/aromatic N) is 4. The summed E-state index contributed by atoms with van der Waals surface area (Å²) >= 11 is 7.48. The van der Waals surface area contributed by atoms with E-state index >= 15 is 0 Å². The zero-order chi connectivity index (χ0) is 19.7. The Morgan fingerprint density at radius 1 is 1.21 bits per heavy atom. The van der Waals surface area contributed by atoms with Crippen LogP contribution in [0.2, 0.25) is 5.02 Å². The molecule has 0 fully saturated rings. The second-order valence-electron chi connectivity index (χ2n) is 6.38. The van der Waals surface area contributed by atoms with Crippen molar-refractivity contribution in [2.45, 2.75) is 37.8 Å². The van der Waals surface area contributed by atoms with Crippen LogP contribution in [0.5, 0.6) is 0 Å². The molecule has 144 valence electrons. The zero-order valence-electron chi connectivity index (χ0n) is 15.6. The molecule has 0 aliphatic heterocycles. The Morgan fingerprint density at radius 2 is 2.00 bits per heavy atom. The zero-order valence-corrected chi connectivity index (χ0v) is 17.1. The first-order valence-corrected chi connectivity index (χ1v) is 10.3. The van der Waals surface area contributed by atoms with Crippen LogP contribution in [-0.2, 0) is 18.8 Å². The van der Waals surface area contributed by atoms with E-state index in [4.69, 9.17) is 21.0 Å². The minimum absolute atomic E-state index is 0.109. The van der Waals surface area contributed by atoms with Crippen LogP contribution >= 0.6 is 23.4 Å². The van der Waals surface area contributed by atoms with Crippen molar-refractivity contribution in [2.24, 2.45) is 0 Å². The fraction of sp³-hybridized carbons (Fsp3) is 0.250. The van der Waals surface area contributed by atoms with Gasteiger partial charge in [0.2, 0.25) is 0 Å². The predicted molar refractivity (Wildman–Crippen MR) is 111 cm³/mol. The molecule has 0 saturated heterocycles. The molecule has 0 spiro atoms. The molecule has 28 heavy (non-hydrogen) atoms. The summed E-state index contributed by atoms with van der Waals surface area (Å²) in [6.07, 6.45) is 1.60. The van der Waals surface area contributed by atoms with Crippen LogP contribution in [0.25, 0.3) is 11.0 Å². The summed E-state index contributed by atoms with van der Waals surface area (Å²) in [5, 5.41) is 5.81. The van der Waals surface area contributed by atoms with Crippen molar-refractivity contribution < 1.29 is 4.42 Å². The Labute approximate surface area is 171 Å². The minimum Gasteiger partial charge on any atom is -0.467 e. The molecule has 3 aromatic heterocycles. The predicted octanol–water partition coefficient (Wildman–Crippen LogP) is 4.51. The summed E-state index contributed by atoms with van der Waals surface area (Å²) in [5.74, 6) is 1.38. The molecule has 8 heteroatoms. The van der Waals surface area contributed by atoms with Crippen molar-refractivity contribution in [3.63, 3.8) is 0 Å². The summed E-state index contributed by atoms with van der Waals surface area (Å²) in [7, 11) is 0. The molecule has 0 bridgehead atoms. The SMILES string of the molecule is CCn1nc(C)c2nc(SCc3ccc(Cl)cc3)n(Cc3ccco3)c(=O)c21. The number of furan rings is 1. The molecule has 0 unspecified atom stereocenters. The molecule has 0 aliphatic carbocycles. The lowest BCUT2D eigenvalue weighted by atomic mass is 10.2. The van der Waals surface area contributed by atoms with E-state index in [0.717, 1.165) is 11.3 Å². The molecular formula is C20H19ClN4O2S. The number of hydrogen-bond donors (Lipinski definition) is 0. The van der Waals surface area contributed by atoms with Gasteiger partial charge in [0.25, 0.3) is 5.56 Å². The minimum atomic E-state index is -0.109. The molecule has 1 aromatic carbocycles. The van der Waals surface area contributed by atoms with Crippen molar-refractivity contribution in [1.82, 2.24) is 19.3 Å². The third-order valence-electron chi connectivity index (χ3n) is 4.46. The molecular weight excluding hydrogens is 396 g/mol. The van der Waals surface area contributed by atoms with E-state index in [1.165, 1.54) is 11.8 Å². The van der Waals surface area contributed by atoms with Gasteiger partial charge in [0.1, 0.15) is 11.3 Å². The largest absolute Gasteiger partial charge is 0.467 e. The smallest absolute Gasteiger partial charge is 0.280 e. The van der Waals surface area contributed by atoms with Gasteiger partial charge in [-0.3, -0.25) is 14.0 Å². The highest BCUT2D eigenvalue weighted by molar-refractivity contribution is 7.98. The van der Waals surface area contributed by atoms with E-state index in [0.29, 0.717) is 45.8 Å². The van der Waals surface area contributed by atoms with Crippen molar-refractivity contribution in [3.05, 3.63) is 75.1 Å². The average molecular weight is 415 g/mol. The molecule has 3 heterocycles. The number of aromatic nitrogens is 4. The monoisotopic (exact) mass is 414 g/mol. The van der Waals surface area contributed by atoms with E-state index in [1.807, 2.05) is 50.2 Å². The fourth-order valence-electron chi connectivity index (χ4n) is 3.05. The number of halogens is 1. The molecule has 0 radical (unpaired) electrons. The number of thioether (sulfide) groups is 1. The lowest BCUT2D eigenvalue weighted by Gasteiger charge is -2.11. The van der Waals surface area contributed by atoms with E-state index in [1.54, 1.807) is 15.5 Å². The normalized spacial score (nSPS) is 11.4. The first-order valence-electron chi connectivity index (χ1n) is 8.94. The van der Waals surface area contributed by atoms with Gasteiger partial charge in [-0.2, -0.15) is 5.10 Å². The van der Waals surface area contributed by atoms with Gasteiger partial charge >= 0.3 is 0 Å². The van der Waals surface area contributed by atoms with Crippen molar-refractivity contribution >= 4 is 34.4 Å². The van der Waals surface area contributed by atoms with Crippen LogP contribution in [0.4, 0.5) is 0 Å². The highest BCUT2D eigenvalue weighted by atomic mass is 35.5. The summed E-state index contributed by atoms with van der Waals surface area (Å²) in [6, 6.07) is 11.3. The van der Waals surface area contributed by atoms with E-state index in [2.05, 4.69) is 5.10 Å². The molecule has 0 amide bonds. The lowest BCUT2D eigenvalue weighted by molar-refractivity contribution is 0.476. The molecule has 0 N–H and O–H groups in total. The molecule has 0 saturated carbocycles. The molecule has 4 aromatic rings. The fourth-order valence-corrected chi connectivity index (χ4v) is 4.13. The van der Waals surface area contributed by atoms with Crippen LogP contribution in [0.3, 0.4) is 0 Å². The van der Waals surface area contributed by atoms with Gasteiger partial charge in [0, 0.05) is 17.3 Å². The van der Waals surface area contributed by atoms with Crippen molar-refractivity contribution in [1.29, 1.82) is 0 Å². The Hall–Kier alpha value is -2.51. The number of aryl methyl sites for hydroxylation is 2. The third kappa shape index (κ3) is 3.59. The third-order valence-corrected chi connectivity index (χ3v) is 5.76. The molecule has 0 atom stereocenters. The quantitative estimate of drug-likeness (QED) is 0.343. The average Bonchev–Trinajstić information content (AvgIpc) is 3.31. The Morgan fingerprint density at radius 3 is 2.68 bits per heavy atom. The lowest BCUT2D eigenvalue weighted by Crippen LogP contribution is -2.25. The topological polar surface area (TPSA) is 65.8 Å². The Bertz CT molecular complexity index is 1160. The van der Waals surface area contributed by atoms with Gasteiger partial charge in [-0.05, 0) is 43.7 Å². The number of rotatable bonds is 6. The van der Waals surface area contributed by atoms with Crippen molar-refractivity contribution in [3.8, 4) is 0 Å². The van der Waals surface area contributed by atoms with Gasteiger partial charge < -0.3 is 4.42 Å². The van der Waals surface area contributed by atoms with Crippen LogP contribution in [-0.4, -0.2) is 19.3 Å². The summed E-state index contributed by atoms with van der Waals surface area (Å²) in [5.41, 5.74) is 2.94. The van der Waals surface area contributed by atoms with Gasteiger partial charge in [0.15, 0.2) is 10.7 Å². The first-order chi connectivity index (χ1) is 13.6. The summed E-state index contributed by atoms with van der Waals surface area (Å²) in [6.45, 7) is 4.78. The van der Waals surface area contributed by atoms with E-state index in [-0.39, 0.29) is 5.56 Å². The second-order valence-corrected chi connectivity index (χ2v) is 7.76. The van der Waals surface area contributed by atoms with E-state index < -0.39 is 0 Å². The molecule has 4 rings (SSSR count). The standard InChI is InChI=1S/C20H19ClN4O2S/c1-3-25-18-17(13(2)23-25)22-20(28-12-14-6-8-15(21)9-7-14)24(19(18)26)11-16-5-4-10-27-16/h4-10H,3,11-12H2,1-2H3. The highest BCUT2D eigenvalue weighted by Gasteiger charge is 2.19.